The van der Waals surface area contributed by atoms with Crippen LogP contribution in [0.4, 0.5) is 16.0 Å². The third-order valence-corrected chi connectivity index (χ3v) is 7.00. The molecule has 1 amide bonds. The summed E-state index contributed by atoms with van der Waals surface area (Å²) in [5.74, 6) is 1.01. The number of morpholine rings is 1. The van der Waals surface area contributed by atoms with Gasteiger partial charge in [-0.2, -0.15) is 0 Å². The summed E-state index contributed by atoms with van der Waals surface area (Å²) in [6, 6.07) is 10.5. The van der Waals surface area contributed by atoms with Crippen molar-refractivity contribution >= 4 is 17.5 Å². The van der Waals surface area contributed by atoms with Gasteiger partial charge in [0.05, 0.1) is 45.3 Å². The third-order valence-electron chi connectivity index (χ3n) is 7.00. The Hall–Kier alpha value is -3.96. The Balaban J connectivity index is 1.38. The molecule has 3 aromatic rings. The van der Waals surface area contributed by atoms with Crippen LogP contribution < -0.4 is 24.8 Å². The fourth-order valence-corrected chi connectivity index (χ4v) is 4.75. The van der Waals surface area contributed by atoms with Crippen molar-refractivity contribution in [1.82, 2.24) is 20.2 Å². The van der Waals surface area contributed by atoms with Crippen LogP contribution in [-0.2, 0) is 4.74 Å². The van der Waals surface area contributed by atoms with Crippen molar-refractivity contribution in [3.8, 4) is 28.5 Å². The molecular formula is C30H36FN5O5. The molecule has 2 aromatic carbocycles. The third kappa shape index (κ3) is 7.83. The van der Waals surface area contributed by atoms with Gasteiger partial charge in [-0.25, -0.2) is 14.4 Å². The van der Waals surface area contributed by atoms with E-state index in [0.29, 0.717) is 67.0 Å². The molecule has 2 aliphatic rings. The largest absolute Gasteiger partial charge is 0.497 e. The number of hydrogen-bond acceptors (Lipinski definition) is 9. The van der Waals surface area contributed by atoms with E-state index in [1.165, 1.54) is 0 Å². The molecular weight excluding hydrogens is 529 g/mol. The summed E-state index contributed by atoms with van der Waals surface area (Å²) in [6.07, 6.45) is 4.73. The maximum absolute atomic E-state index is 14.9. The van der Waals surface area contributed by atoms with E-state index < -0.39 is 5.82 Å². The number of nitrogens with one attached hydrogen (secondary N) is 2. The zero-order valence-electron chi connectivity index (χ0n) is 23.3. The second-order valence-electron chi connectivity index (χ2n) is 9.94. The Morgan fingerprint density at radius 2 is 1.85 bits per heavy atom. The minimum atomic E-state index is -0.572. The number of carbonyl (C=O) groups excluding carboxylic acids is 1. The van der Waals surface area contributed by atoms with Gasteiger partial charge in [0.25, 0.3) is 5.91 Å². The molecule has 0 radical (unpaired) electrons. The highest BCUT2D eigenvalue weighted by atomic mass is 19.1. The van der Waals surface area contributed by atoms with Gasteiger partial charge >= 0.3 is 0 Å². The molecule has 1 saturated heterocycles. The number of ether oxygens (including phenoxy) is 4. The average molecular weight is 566 g/mol. The van der Waals surface area contributed by atoms with Gasteiger partial charge in [-0.1, -0.05) is 0 Å². The highest BCUT2D eigenvalue weighted by molar-refractivity contribution is 5.97. The van der Waals surface area contributed by atoms with Gasteiger partial charge in [-0.3, -0.25) is 9.69 Å². The number of fused-ring (bicyclic) bond motifs is 7. The van der Waals surface area contributed by atoms with E-state index in [9.17, 15) is 9.18 Å². The highest BCUT2D eigenvalue weighted by Gasteiger charge is 2.17. The Morgan fingerprint density at radius 3 is 2.66 bits per heavy atom. The molecule has 0 unspecified atom stereocenters. The summed E-state index contributed by atoms with van der Waals surface area (Å²) in [4.78, 5) is 23.9. The number of methoxy groups -OCH3 is 1. The number of halogens is 1. The fraction of sp³-hybridized carbons (Fsp3) is 0.433. The number of nitrogens with zero attached hydrogens (tertiary/aromatic N) is 3. The molecule has 2 N–H and O–H groups in total. The van der Waals surface area contributed by atoms with E-state index in [-0.39, 0.29) is 17.5 Å². The van der Waals surface area contributed by atoms with Crippen molar-refractivity contribution in [1.29, 1.82) is 0 Å². The average Bonchev–Trinajstić information content (AvgIpc) is 2.99. The van der Waals surface area contributed by atoms with E-state index in [1.54, 1.807) is 43.5 Å². The summed E-state index contributed by atoms with van der Waals surface area (Å²) < 4.78 is 37.7. The van der Waals surface area contributed by atoms with Gasteiger partial charge in [0.2, 0.25) is 5.95 Å². The topological polar surface area (TPSA) is 107 Å². The molecule has 11 heteroatoms. The molecule has 5 rings (SSSR count). The number of rotatable bonds is 5. The SMILES string of the molecule is COc1cc2cc(c1)-c1nc(ncc1F)Nc1ccc(C(=O)NCCN3CCOCC3)c(c1)OCCCCCCO2. The van der Waals surface area contributed by atoms with Gasteiger partial charge in [-0.05, 0) is 49.9 Å². The molecule has 1 fully saturated rings. The monoisotopic (exact) mass is 565 g/mol. The van der Waals surface area contributed by atoms with Crippen molar-refractivity contribution in [3.05, 3.63) is 54.0 Å². The molecule has 41 heavy (non-hydrogen) atoms. The van der Waals surface area contributed by atoms with E-state index >= 15 is 0 Å². The predicted molar refractivity (Wildman–Crippen MR) is 153 cm³/mol. The van der Waals surface area contributed by atoms with Gasteiger partial charge in [0.1, 0.15) is 22.9 Å². The lowest BCUT2D eigenvalue weighted by Crippen LogP contribution is -2.41. The van der Waals surface area contributed by atoms with Crippen LogP contribution in [0.2, 0.25) is 0 Å². The number of benzene rings is 2. The quantitative estimate of drug-likeness (QED) is 0.465. The second kappa shape index (κ2) is 14.1. The van der Waals surface area contributed by atoms with Crippen LogP contribution in [0.25, 0.3) is 11.3 Å². The molecule has 3 heterocycles. The first-order valence-corrected chi connectivity index (χ1v) is 14.1. The van der Waals surface area contributed by atoms with E-state index in [2.05, 4.69) is 25.5 Å². The molecule has 6 bridgehead atoms. The molecule has 1 aromatic heterocycles. The molecule has 2 aliphatic heterocycles. The zero-order chi connectivity index (χ0) is 28.4. The first-order valence-electron chi connectivity index (χ1n) is 14.1. The van der Waals surface area contributed by atoms with Crippen molar-refractivity contribution in [2.75, 3.05) is 65.0 Å². The number of amides is 1. The van der Waals surface area contributed by atoms with Gasteiger partial charge in [0, 0.05) is 49.6 Å². The van der Waals surface area contributed by atoms with Crippen molar-refractivity contribution < 1.29 is 28.1 Å². The normalized spacial score (nSPS) is 16.2. The van der Waals surface area contributed by atoms with Crippen molar-refractivity contribution in [2.24, 2.45) is 0 Å². The van der Waals surface area contributed by atoms with E-state index in [1.807, 2.05) is 0 Å². The molecule has 0 atom stereocenters. The molecule has 218 valence electrons. The predicted octanol–water partition coefficient (Wildman–Crippen LogP) is 4.43. The minimum Gasteiger partial charge on any atom is -0.497 e. The van der Waals surface area contributed by atoms with Crippen LogP contribution in [0.3, 0.4) is 0 Å². The van der Waals surface area contributed by atoms with Crippen LogP contribution in [0.1, 0.15) is 36.0 Å². The first-order chi connectivity index (χ1) is 20.1. The van der Waals surface area contributed by atoms with Crippen molar-refractivity contribution in [3.63, 3.8) is 0 Å². The summed E-state index contributed by atoms with van der Waals surface area (Å²) in [5, 5.41) is 6.13. The zero-order valence-corrected chi connectivity index (χ0v) is 23.3. The lowest BCUT2D eigenvalue weighted by Gasteiger charge is -2.26. The van der Waals surface area contributed by atoms with Crippen LogP contribution in [0.15, 0.2) is 42.6 Å². The standard InChI is InChI=1S/C30H36FN5O5/c1-38-23-16-21-17-24(19-23)40-12-4-2-3-5-13-41-27-18-22(34-30-33-20-26(31)28(21)35-30)6-7-25(27)29(37)32-8-9-36-10-14-39-15-11-36/h6-7,16-20H,2-5,8-15H2,1H3,(H,32,37)(H,33,34,35). The number of carbonyl (C=O) groups is 1. The molecule has 10 nitrogen and oxygen atoms in total. The highest BCUT2D eigenvalue weighted by Crippen LogP contribution is 2.32. The lowest BCUT2D eigenvalue weighted by atomic mass is 10.1. The maximum Gasteiger partial charge on any atom is 0.255 e. The van der Waals surface area contributed by atoms with Gasteiger partial charge < -0.3 is 29.6 Å². The fourth-order valence-electron chi connectivity index (χ4n) is 4.75. The van der Waals surface area contributed by atoms with E-state index in [0.717, 1.165) is 51.5 Å². The smallest absolute Gasteiger partial charge is 0.255 e. The van der Waals surface area contributed by atoms with Crippen LogP contribution in [0, 0.1) is 5.82 Å². The molecule has 0 saturated carbocycles. The summed E-state index contributed by atoms with van der Waals surface area (Å²) in [7, 11) is 1.55. The first kappa shape index (κ1) is 28.6. The summed E-state index contributed by atoms with van der Waals surface area (Å²) >= 11 is 0. The minimum absolute atomic E-state index is 0.111. The molecule has 0 spiro atoms. The van der Waals surface area contributed by atoms with Gasteiger partial charge in [0.15, 0.2) is 5.82 Å². The van der Waals surface area contributed by atoms with Crippen LogP contribution >= 0.6 is 0 Å². The maximum atomic E-state index is 14.9. The number of anilines is 2. The Bertz CT molecular complexity index is 1330. The van der Waals surface area contributed by atoms with Gasteiger partial charge in [-0.15, -0.1) is 0 Å². The summed E-state index contributed by atoms with van der Waals surface area (Å²) in [6.45, 7) is 5.43. The summed E-state index contributed by atoms with van der Waals surface area (Å²) in [5.41, 5.74) is 1.68. The Labute approximate surface area is 239 Å². The number of aromatic nitrogens is 2. The van der Waals surface area contributed by atoms with Crippen LogP contribution in [-0.4, -0.2) is 80.5 Å². The molecule has 0 aliphatic carbocycles. The Kier molecular flexibility index (Phi) is 9.82. The Morgan fingerprint density at radius 1 is 1.05 bits per heavy atom. The lowest BCUT2D eigenvalue weighted by molar-refractivity contribution is 0.0383. The van der Waals surface area contributed by atoms with E-state index in [4.69, 9.17) is 18.9 Å². The second-order valence-corrected chi connectivity index (χ2v) is 9.94. The number of hydrogen-bond donors (Lipinski definition) is 2. The van der Waals surface area contributed by atoms with Crippen LogP contribution in [0.5, 0.6) is 17.2 Å². The van der Waals surface area contributed by atoms with Crippen molar-refractivity contribution in [2.45, 2.75) is 25.7 Å².